The highest BCUT2D eigenvalue weighted by atomic mass is 79.9. The van der Waals surface area contributed by atoms with Gasteiger partial charge in [0.1, 0.15) is 0 Å². The summed E-state index contributed by atoms with van der Waals surface area (Å²) in [5.41, 5.74) is 3.46. The van der Waals surface area contributed by atoms with Gasteiger partial charge in [0.15, 0.2) is 0 Å². The first-order valence-electron chi connectivity index (χ1n) is 8.39. The highest BCUT2D eigenvalue weighted by Gasteiger charge is 2.38. The molecule has 1 aromatic rings. The van der Waals surface area contributed by atoms with Gasteiger partial charge in [-0.1, -0.05) is 36.7 Å². The van der Waals surface area contributed by atoms with Crippen LogP contribution in [0.15, 0.2) is 6.07 Å². The van der Waals surface area contributed by atoms with Crippen LogP contribution >= 0.6 is 15.9 Å². The predicted molar refractivity (Wildman–Crippen MR) is 94.0 cm³/mol. The van der Waals surface area contributed by atoms with Crippen molar-refractivity contribution in [3.05, 3.63) is 17.5 Å². The fraction of sp³-hybridized carbons (Fsp3) is 0.833. The Morgan fingerprint density at radius 1 is 1.33 bits per heavy atom. The molecule has 1 fully saturated rings. The van der Waals surface area contributed by atoms with Gasteiger partial charge >= 0.3 is 0 Å². The monoisotopic (exact) mass is 354 g/mol. The molecule has 1 heterocycles. The second-order valence-corrected chi connectivity index (χ2v) is 8.60. The van der Waals surface area contributed by atoms with E-state index in [2.05, 4.69) is 66.4 Å². The topological polar surface area (TPSA) is 17.8 Å². The zero-order valence-corrected chi connectivity index (χ0v) is 16.0. The number of hydrogen-bond donors (Lipinski definition) is 0. The second-order valence-electron chi connectivity index (χ2n) is 8.04. The van der Waals surface area contributed by atoms with Crippen LogP contribution in [0.1, 0.15) is 64.8 Å². The van der Waals surface area contributed by atoms with Crippen molar-refractivity contribution < 1.29 is 0 Å². The normalized spacial score (nSPS) is 27.0. The van der Waals surface area contributed by atoms with Gasteiger partial charge in [-0.3, -0.25) is 4.68 Å². The summed E-state index contributed by atoms with van der Waals surface area (Å²) in [6, 6.07) is 2.28. The van der Waals surface area contributed by atoms with E-state index in [4.69, 9.17) is 0 Å². The van der Waals surface area contributed by atoms with Crippen molar-refractivity contribution in [3.8, 4) is 0 Å². The largest absolute Gasteiger partial charge is 0.270 e. The molecule has 0 N–H and O–H groups in total. The summed E-state index contributed by atoms with van der Waals surface area (Å²) >= 11 is 3.82. The fourth-order valence-electron chi connectivity index (χ4n) is 3.85. The molecule has 1 aliphatic rings. The molecule has 2 rings (SSSR count). The molecule has 1 aromatic heterocycles. The molecule has 2 nitrogen and oxygen atoms in total. The Balaban J connectivity index is 2.10. The van der Waals surface area contributed by atoms with Gasteiger partial charge in [-0.2, -0.15) is 5.10 Å². The molecule has 3 heteroatoms. The van der Waals surface area contributed by atoms with Crippen LogP contribution in [0.25, 0.3) is 0 Å². The average molecular weight is 355 g/mol. The van der Waals surface area contributed by atoms with Gasteiger partial charge in [0, 0.05) is 17.6 Å². The molecule has 1 aliphatic carbocycles. The molecule has 21 heavy (non-hydrogen) atoms. The minimum atomic E-state index is 0.432. The molecule has 0 amide bonds. The SMILES string of the molecule is CCn1nc(C)cc1CC1(CBr)CCC(C(C)(C)C)CC1. The Morgan fingerprint density at radius 2 is 1.95 bits per heavy atom. The third kappa shape index (κ3) is 3.91. The van der Waals surface area contributed by atoms with E-state index in [-0.39, 0.29) is 0 Å². The van der Waals surface area contributed by atoms with E-state index in [1.165, 1.54) is 37.8 Å². The van der Waals surface area contributed by atoms with Gasteiger partial charge in [0.25, 0.3) is 0 Å². The Hall–Kier alpha value is -0.310. The Kier molecular flexibility index (Phi) is 5.23. The van der Waals surface area contributed by atoms with Gasteiger partial charge in [0.05, 0.1) is 5.69 Å². The number of hydrogen-bond acceptors (Lipinski definition) is 1. The van der Waals surface area contributed by atoms with Crippen molar-refractivity contribution >= 4 is 15.9 Å². The zero-order chi connectivity index (χ0) is 15.7. The molecule has 1 saturated carbocycles. The Morgan fingerprint density at radius 3 is 2.43 bits per heavy atom. The van der Waals surface area contributed by atoms with E-state index in [9.17, 15) is 0 Å². The van der Waals surface area contributed by atoms with Gasteiger partial charge < -0.3 is 0 Å². The molecular formula is C18H31BrN2. The van der Waals surface area contributed by atoms with E-state index in [1.807, 2.05) is 0 Å². The first-order chi connectivity index (χ1) is 9.79. The molecule has 0 aromatic carbocycles. The lowest BCUT2D eigenvalue weighted by molar-refractivity contribution is 0.102. The van der Waals surface area contributed by atoms with Crippen LogP contribution < -0.4 is 0 Å². The molecule has 0 spiro atoms. The summed E-state index contributed by atoms with van der Waals surface area (Å²) in [5.74, 6) is 0.877. The van der Waals surface area contributed by atoms with Crippen LogP contribution in [-0.4, -0.2) is 15.1 Å². The lowest BCUT2D eigenvalue weighted by atomic mass is 9.63. The van der Waals surface area contributed by atoms with Gasteiger partial charge in [0.2, 0.25) is 0 Å². The van der Waals surface area contributed by atoms with E-state index in [1.54, 1.807) is 0 Å². The van der Waals surface area contributed by atoms with Crippen LogP contribution in [0.3, 0.4) is 0 Å². The quantitative estimate of drug-likeness (QED) is 0.664. The van der Waals surface area contributed by atoms with E-state index < -0.39 is 0 Å². The van der Waals surface area contributed by atoms with Crippen molar-refractivity contribution in [3.63, 3.8) is 0 Å². The third-order valence-corrected chi connectivity index (χ3v) is 6.59. The number of alkyl halides is 1. The van der Waals surface area contributed by atoms with Crippen molar-refractivity contribution in [2.75, 3.05) is 5.33 Å². The van der Waals surface area contributed by atoms with Crippen LogP contribution in [0, 0.1) is 23.7 Å². The number of halogens is 1. The van der Waals surface area contributed by atoms with Gasteiger partial charge in [-0.15, -0.1) is 0 Å². The van der Waals surface area contributed by atoms with E-state index in [0.717, 1.165) is 23.5 Å². The maximum Gasteiger partial charge on any atom is 0.0596 e. The molecule has 0 unspecified atom stereocenters. The highest BCUT2D eigenvalue weighted by Crippen LogP contribution is 2.47. The molecular weight excluding hydrogens is 324 g/mol. The van der Waals surface area contributed by atoms with Gasteiger partial charge in [-0.25, -0.2) is 0 Å². The zero-order valence-electron chi connectivity index (χ0n) is 14.4. The van der Waals surface area contributed by atoms with Crippen molar-refractivity contribution in [1.82, 2.24) is 9.78 Å². The number of aromatic nitrogens is 2. The summed E-state index contributed by atoms with van der Waals surface area (Å²) in [5, 5.41) is 5.73. The molecule has 0 aliphatic heterocycles. The lowest BCUT2D eigenvalue weighted by Gasteiger charge is -2.43. The van der Waals surface area contributed by atoms with E-state index >= 15 is 0 Å². The smallest absolute Gasteiger partial charge is 0.0596 e. The maximum atomic E-state index is 4.62. The Labute approximate surface area is 138 Å². The van der Waals surface area contributed by atoms with Crippen LogP contribution in [0.2, 0.25) is 0 Å². The number of rotatable bonds is 4. The number of nitrogens with zero attached hydrogens (tertiary/aromatic N) is 2. The summed E-state index contributed by atoms with van der Waals surface area (Å²) in [4.78, 5) is 0. The summed E-state index contributed by atoms with van der Waals surface area (Å²) < 4.78 is 2.19. The lowest BCUT2D eigenvalue weighted by Crippen LogP contribution is -2.35. The van der Waals surface area contributed by atoms with Gasteiger partial charge in [-0.05, 0) is 68.8 Å². The van der Waals surface area contributed by atoms with Crippen LogP contribution in [0.4, 0.5) is 0 Å². The minimum Gasteiger partial charge on any atom is -0.270 e. The molecule has 0 saturated heterocycles. The van der Waals surface area contributed by atoms with Crippen molar-refractivity contribution in [2.24, 2.45) is 16.7 Å². The second kappa shape index (κ2) is 6.44. The van der Waals surface area contributed by atoms with Crippen molar-refractivity contribution in [1.29, 1.82) is 0 Å². The Bertz CT molecular complexity index is 462. The number of aryl methyl sites for hydroxylation is 2. The summed E-state index contributed by atoms with van der Waals surface area (Å²) in [6.45, 7) is 12.5. The fourth-order valence-corrected chi connectivity index (χ4v) is 4.61. The minimum absolute atomic E-state index is 0.432. The predicted octanol–water partition coefficient (Wildman–Crippen LogP) is 5.37. The van der Waals surface area contributed by atoms with E-state index in [0.29, 0.717) is 10.8 Å². The highest BCUT2D eigenvalue weighted by molar-refractivity contribution is 9.09. The molecule has 0 radical (unpaired) electrons. The molecule has 0 bridgehead atoms. The molecule has 120 valence electrons. The first-order valence-corrected chi connectivity index (χ1v) is 9.51. The van der Waals surface area contributed by atoms with Crippen molar-refractivity contribution in [2.45, 2.75) is 73.3 Å². The van der Waals surface area contributed by atoms with Crippen LogP contribution in [-0.2, 0) is 13.0 Å². The first kappa shape index (κ1) is 17.1. The molecule has 0 atom stereocenters. The maximum absolute atomic E-state index is 4.62. The van der Waals surface area contributed by atoms with Crippen LogP contribution in [0.5, 0.6) is 0 Å². The standard InChI is InChI=1S/C18H31BrN2/c1-6-21-16(11-14(2)20-21)12-18(13-19)9-7-15(8-10-18)17(3,4)5/h11,15H,6-10,12-13H2,1-5H3. The summed E-state index contributed by atoms with van der Waals surface area (Å²) in [6.07, 6.45) is 6.59. The summed E-state index contributed by atoms with van der Waals surface area (Å²) in [7, 11) is 0. The average Bonchev–Trinajstić information content (AvgIpc) is 2.78. The third-order valence-electron chi connectivity index (χ3n) is 5.40.